The van der Waals surface area contributed by atoms with Crippen molar-refractivity contribution in [2.45, 2.75) is 19.6 Å². The molecule has 4 nitrogen and oxygen atoms in total. The number of nitrogens with two attached hydrogens (primary N) is 1. The van der Waals surface area contributed by atoms with Crippen molar-refractivity contribution in [3.8, 4) is 5.75 Å². The number of benzene rings is 1. The summed E-state index contributed by atoms with van der Waals surface area (Å²) in [5, 5.41) is 0.727. The number of halogens is 1. The minimum atomic E-state index is 0.314. The molecule has 0 bridgehead atoms. The maximum Gasteiger partial charge on any atom is 0.189 e. The summed E-state index contributed by atoms with van der Waals surface area (Å²) in [4.78, 5) is 2.22. The van der Waals surface area contributed by atoms with Crippen LogP contribution in [0.4, 0.5) is 0 Å². The summed E-state index contributed by atoms with van der Waals surface area (Å²) in [5.74, 6) is 0.922. The zero-order valence-electron chi connectivity index (χ0n) is 10.6. The van der Waals surface area contributed by atoms with Crippen LogP contribution in [0, 0.1) is 0 Å². The van der Waals surface area contributed by atoms with E-state index in [1.165, 1.54) is 0 Å². The second-order valence-electron chi connectivity index (χ2n) is 4.54. The largest absolute Gasteiger partial charge is 0.467 e. The third-order valence-electron chi connectivity index (χ3n) is 2.94. The van der Waals surface area contributed by atoms with Crippen molar-refractivity contribution in [2.75, 3.05) is 26.9 Å². The van der Waals surface area contributed by atoms with Gasteiger partial charge in [0, 0.05) is 22.7 Å². The standard InChI is InChI=1S/C13H19ClN2O2/c1-16(4-2-3-15)7-10-5-12(14)6-11-8-17-9-18-13(10)11/h5-6H,2-4,7-9,15H2,1H3. The number of hydrogen-bond acceptors (Lipinski definition) is 4. The van der Waals surface area contributed by atoms with Gasteiger partial charge in [0.2, 0.25) is 0 Å². The van der Waals surface area contributed by atoms with Gasteiger partial charge < -0.3 is 20.1 Å². The normalized spacial score (nSPS) is 14.4. The average Bonchev–Trinajstić information content (AvgIpc) is 2.36. The van der Waals surface area contributed by atoms with E-state index in [0.717, 1.165) is 41.4 Å². The fourth-order valence-electron chi connectivity index (χ4n) is 2.11. The Morgan fingerprint density at radius 1 is 1.44 bits per heavy atom. The van der Waals surface area contributed by atoms with Gasteiger partial charge in [-0.15, -0.1) is 0 Å². The molecule has 0 spiro atoms. The van der Waals surface area contributed by atoms with Crippen LogP contribution in [0.15, 0.2) is 12.1 Å². The van der Waals surface area contributed by atoms with Gasteiger partial charge in [-0.3, -0.25) is 0 Å². The fourth-order valence-corrected chi connectivity index (χ4v) is 2.37. The highest BCUT2D eigenvalue weighted by Gasteiger charge is 2.17. The molecule has 0 atom stereocenters. The van der Waals surface area contributed by atoms with E-state index in [1.54, 1.807) is 0 Å². The van der Waals surface area contributed by atoms with Crippen molar-refractivity contribution in [3.63, 3.8) is 0 Å². The molecule has 2 N–H and O–H groups in total. The first-order valence-electron chi connectivity index (χ1n) is 6.11. The quantitative estimate of drug-likeness (QED) is 0.889. The van der Waals surface area contributed by atoms with Crippen molar-refractivity contribution in [2.24, 2.45) is 5.73 Å². The average molecular weight is 271 g/mol. The summed E-state index contributed by atoms with van der Waals surface area (Å²) >= 11 is 6.12. The Morgan fingerprint density at radius 2 is 2.28 bits per heavy atom. The molecule has 0 aliphatic carbocycles. The van der Waals surface area contributed by atoms with Gasteiger partial charge in [0.15, 0.2) is 6.79 Å². The zero-order chi connectivity index (χ0) is 13.0. The molecule has 0 amide bonds. The predicted molar refractivity (Wildman–Crippen MR) is 71.7 cm³/mol. The first-order chi connectivity index (χ1) is 8.70. The summed E-state index contributed by atoms with van der Waals surface area (Å²) in [6.07, 6.45) is 0.989. The van der Waals surface area contributed by atoms with Gasteiger partial charge in [-0.1, -0.05) is 11.6 Å². The van der Waals surface area contributed by atoms with Crippen molar-refractivity contribution < 1.29 is 9.47 Å². The van der Waals surface area contributed by atoms with Gasteiger partial charge in [0.25, 0.3) is 0 Å². The molecule has 0 saturated carbocycles. The van der Waals surface area contributed by atoms with Crippen LogP contribution in [0.3, 0.4) is 0 Å². The van der Waals surface area contributed by atoms with Crippen LogP contribution in [0.2, 0.25) is 5.02 Å². The molecular formula is C13H19ClN2O2. The highest BCUT2D eigenvalue weighted by Crippen LogP contribution is 2.32. The Labute approximate surface area is 113 Å². The molecule has 0 saturated heterocycles. The molecule has 18 heavy (non-hydrogen) atoms. The lowest BCUT2D eigenvalue weighted by molar-refractivity contribution is -0.0174. The van der Waals surface area contributed by atoms with Crippen LogP contribution >= 0.6 is 11.6 Å². The highest BCUT2D eigenvalue weighted by molar-refractivity contribution is 6.30. The summed E-state index contributed by atoms with van der Waals surface area (Å²) in [7, 11) is 2.07. The molecular weight excluding hydrogens is 252 g/mol. The van der Waals surface area contributed by atoms with E-state index in [0.29, 0.717) is 19.9 Å². The predicted octanol–water partition coefficient (Wildman–Crippen LogP) is 1.99. The topological polar surface area (TPSA) is 47.7 Å². The van der Waals surface area contributed by atoms with Crippen LogP contribution in [-0.2, 0) is 17.9 Å². The molecule has 0 fully saturated rings. The third kappa shape index (κ3) is 3.36. The summed E-state index contributed by atoms with van der Waals surface area (Å²) in [6, 6.07) is 3.87. The Morgan fingerprint density at radius 3 is 3.06 bits per heavy atom. The van der Waals surface area contributed by atoms with Crippen molar-refractivity contribution >= 4 is 11.6 Å². The molecule has 1 aliphatic heterocycles. The maximum absolute atomic E-state index is 6.12. The molecule has 1 aromatic rings. The molecule has 5 heteroatoms. The van der Waals surface area contributed by atoms with Gasteiger partial charge in [-0.05, 0) is 38.7 Å². The van der Waals surface area contributed by atoms with E-state index in [1.807, 2.05) is 12.1 Å². The molecule has 100 valence electrons. The summed E-state index contributed by atoms with van der Waals surface area (Å²) < 4.78 is 10.8. The number of fused-ring (bicyclic) bond motifs is 1. The summed E-state index contributed by atoms with van der Waals surface area (Å²) in [5.41, 5.74) is 7.65. The minimum absolute atomic E-state index is 0.314. The molecule has 1 aliphatic rings. The van der Waals surface area contributed by atoms with Gasteiger partial charge in [-0.25, -0.2) is 0 Å². The van der Waals surface area contributed by atoms with Crippen LogP contribution in [-0.4, -0.2) is 31.8 Å². The third-order valence-corrected chi connectivity index (χ3v) is 3.15. The molecule has 0 radical (unpaired) electrons. The lowest BCUT2D eigenvalue weighted by Gasteiger charge is -2.24. The van der Waals surface area contributed by atoms with Crippen LogP contribution in [0.25, 0.3) is 0 Å². The molecule has 1 heterocycles. The molecule has 1 aromatic carbocycles. The first-order valence-corrected chi connectivity index (χ1v) is 6.49. The minimum Gasteiger partial charge on any atom is -0.467 e. The van der Waals surface area contributed by atoms with Crippen molar-refractivity contribution in [1.82, 2.24) is 4.90 Å². The smallest absolute Gasteiger partial charge is 0.189 e. The Hall–Kier alpha value is -0.810. The second-order valence-corrected chi connectivity index (χ2v) is 4.98. The lowest BCUT2D eigenvalue weighted by Crippen LogP contribution is -2.23. The van der Waals surface area contributed by atoms with E-state index in [9.17, 15) is 0 Å². The van der Waals surface area contributed by atoms with Crippen molar-refractivity contribution in [1.29, 1.82) is 0 Å². The Kier molecular flexibility index (Phi) is 4.83. The molecule has 0 unspecified atom stereocenters. The number of hydrogen-bond donors (Lipinski definition) is 1. The van der Waals surface area contributed by atoms with E-state index in [-0.39, 0.29) is 0 Å². The van der Waals surface area contributed by atoms with Gasteiger partial charge >= 0.3 is 0 Å². The van der Waals surface area contributed by atoms with Gasteiger partial charge in [0.05, 0.1) is 6.61 Å². The van der Waals surface area contributed by atoms with Crippen molar-refractivity contribution in [3.05, 3.63) is 28.3 Å². The lowest BCUT2D eigenvalue weighted by atomic mass is 10.1. The van der Waals surface area contributed by atoms with Crippen LogP contribution < -0.4 is 10.5 Å². The second kappa shape index (κ2) is 6.38. The monoisotopic (exact) mass is 270 g/mol. The number of nitrogens with zero attached hydrogens (tertiary/aromatic N) is 1. The SMILES string of the molecule is CN(CCCN)Cc1cc(Cl)cc2c1OCOC2. The Bertz CT molecular complexity index is 412. The van der Waals surface area contributed by atoms with Gasteiger partial charge in [0.1, 0.15) is 5.75 Å². The van der Waals surface area contributed by atoms with E-state index in [4.69, 9.17) is 26.8 Å². The Balaban J connectivity index is 2.13. The highest BCUT2D eigenvalue weighted by atomic mass is 35.5. The number of rotatable bonds is 5. The van der Waals surface area contributed by atoms with Crippen LogP contribution in [0.5, 0.6) is 5.75 Å². The van der Waals surface area contributed by atoms with E-state index in [2.05, 4.69) is 11.9 Å². The molecule has 2 rings (SSSR count). The number of ether oxygens (including phenoxy) is 2. The zero-order valence-corrected chi connectivity index (χ0v) is 11.4. The van der Waals surface area contributed by atoms with Crippen LogP contribution in [0.1, 0.15) is 17.5 Å². The summed E-state index contributed by atoms with van der Waals surface area (Å²) in [6.45, 7) is 3.36. The first kappa shape index (κ1) is 13.6. The van der Waals surface area contributed by atoms with Gasteiger partial charge in [-0.2, -0.15) is 0 Å². The fraction of sp³-hybridized carbons (Fsp3) is 0.538. The van der Waals surface area contributed by atoms with E-state index < -0.39 is 0 Å². The van der Waals surface area contributed by atoms with E-state index >= 15 is 0 Å². The maximum atomic E-state index is 6.12. The molecule has 0 aromatic heterocycles.